The molecule has 1 saturated heterocycles. The van der Waals surface area contributed by atoms with Crippen LogP contribution >= 0.6 is 0 Å². The largest absolute Gasteiger partial charge is 0.489 e. The number of benzene rings is 3. The molecule has 0 aromatic heterocycles. The minimum Gasteiger partial charge on any atom is -0.489 e. The van der Waals surface area contributed by atoms with Crippen molar-refractivity contribution in [2.75, 3.05) is 30.4 Å². The Bertz CT molecular complexity index is 1430. The highest BCUT2D eigenvalue weighted by Gasteiger charge is 2.34. The van der Waals surface area contributed by atoms with E-state index in [1.54, 1.807) is 43.3 Å². The zero-order valence-corrected chi connectivity index (χ0v) is 24.4. The predicted octanol–water partition coefficient (Wildman–Crippen LogP) is 5.88. The number of ether oxygens (including phenoxy) is 2. The fraction of sp³-hybridized carbons (Fsp3) is 0.387. The highest BCUT2D eigenvalue weighted by molar-refractivity contribution is 7.91. The summed E-state index contributed by atoms with van der Waals surface area (Å²) in [5.41, 5.74) is 1.40. The molecule has 0 unspecified atom stereocenters. The van der Waals surface area contributed by atoms with Gasteiger partial charge in [0.15, 0.2) is 9.84 Å². The van der Waals surface area contributed by atoms with E-state index in [-0.39, 0.29) is 35.2 Å². The van der Waals surface area contributed by atoms with Crippen molar-refractivity contribution >= 4 is 21.4 Å². The fourth-order valence-corrected chi connectivity index (χ4v) is 5.67. The molecule has 1 N–H and O–H groups in total. The molecule has 2 atom stereocenters. The van der Waals surface area contributed by atoms with Gasteiger partial charge in [0, 0.05) is 30.8 Å². The normalized spacial score (nSPS) is 17.3. The lowest BCUT2D eigenvalue weighted by molar-refractivity contribution is -0.137. The Morgan fingerprint density at radius 2 is 1.64 bits per heavy atom. The minimum absolute atomic E-state index is 0.00447. The minimum atomic E-state index is -4.40. The first-order valence-corrected chi connectivity index (χ1v) is 15.5. The average Bonchev–Trinajstić information content (AvgIpc) is 3.38. The molecule has 0 bridgehead atoms. The van der Waals surface area contributed by atoms with Crippen molar-refractivity contribution in [1.82, 2.24) is 5.32 Å². The number of hydrogen-bond donors (Lipinski definition) is 1. The monoisotopic (exact) mass is 604 g/mol. The molecule has 42 heavy (non-hydrogen) atoms. The summed E-state index contributed by atoms with van der Waals surface area (Å²) in [5.74, 6) is 0.131. The second-order valence-electron chi connectivity index (χ2n) is 10.2. The van der Waals surface area contributed by atoms with Gasteiger partial charge in [0.25, 0.3) is 5.91 Å². The van der Waals surface area contributed by atoms with Crippen molar-refractivity contribution in [2.45, 2.75) is 56.5 Å². The van der Waals surface area contributed by atoms with Crippen LogP contribution in [0, 0.1) is 0 Å². The summed E-state index contributed by atoms with van der Waals surface area (Å²) in [6.07, 6.45) is -3.15. The fourth-order valence-electron chi connectivity index (χ4n) is 4.78. The standard InChI is InChI=1S/C31H35F3N2O5S/c1-3-17-40-21-26-18-28(41-27-13-9-24(10-14-27)31(32,33)34)20-36(26)25-11-7-23(8-12-25)30(37)35-19-22-5-15-29(16-6-22)42(38,39)4-2/h5-16,26,28H,3-4,17-21H2,1-2H3,(H,35,37)/t26-,28+/m0/s1. The van der Waals surface area contributed by atoms with Crippen LogP contribution in [0.1, 0.15) is 48.2 Å². The highest BCUT2D eigenvalue weighted by atomic mass is 32.2. The van der Waals surface area contributed by atoms with E-state index in [4.69, 9.17) is 9.47 Å². The summed E-state index contributed by atoms with van der Waals surface area (Å²) in [6.45, 7) is 5.47. The lowest BCUT2D eigenvalue weighted by Crippen LogP contribution is -2.33. The number of amides is 1. The van der Waals surface area contributed by atoms with Crippen LogP contribution in [-0.2, 0) is 27.3 Å². The lowest BCUT2D eigenvalue weighted by atomic mass is 10.1. The molecule has 0 radical (unpaired) electrons. The molecule has 1 aliphatic heterocycles. The first kappa shape index (κ1) is 31.4. The van der Waals surface area contributed by atoms with Crippen LogP contribution in [0.4, 0.5) is 18.9 Å². The van der Waals surface area contributed by atoms with Crippen LogP contribution in [-0.4, -0.2) is 52.0 Å². The number of carbonyl (C=O) groups excluding carboxylic acids is 1. The van der Waals surface area contributed by atoms with E-state index in [1.807, 2.05) is 19.1 Å². The Morgan fingerprint density at radius 3 is 2.24 bits per heavy atom. The Labute approximate surface area is 244 Å². The van der Waals surface area contributed by atoms with E-state index in [9.17, 15) is 26.4 Å². The predicted molar refractivity (Wildman–Crippen MR) is 155 cm³/mol. The first-order valence-electron chi connectivity index (χ1n) is 13.9. The summed E-state index contributed by atoms with van der Waals surface area (Å²) >= 11 is 0. The molecule has 0 spiro atoms. The van der Waals surface area contributed by atoms with Crippen molar-refractivity contribution < 1.29 is 35.9 Å². The lowest BCUT2D eigenvalue weighted by Gasteiger charge is -2.26. The molecule has 1 amide bonds. The van der Waals surface area contributed by atoms with Gasteiger partial charge in [-0.3, -0.25) is 4.79 Å². The van der Waals surface area contributed by atoms with Gasteiger partial charge in [-0.2, -0.15) is 13.2 Å². The molecular formula is C31H35F3N2O5S. The molecule has 1 heterocycles. The van der Waals surface area contributed by atoms with Crippen molar-refractivity contribution in [1.29, 1.82) is 0 Å². The van der Waals surface area contributed by atoms with E-state index >= 15 is 0 Å². The third-order valence-corrected chi connectivity index (χ3v) is 8.85. The number of carbonyl (C=O) groups is 1. The molecular weight excluding hydrogens is 569 g/mol. The molecule has 3 aromatic rings. The molecule has 3 aromatic carbocycles. The average molecular weight is 605 g/mol. The maximum Gasteiger partial charge on any atom is 0.416 e. The third-order valence-electron chi connectivity index (χ3n) is 7.10. The second-order valence-corrected chi connectivity index (χ2v) is 12.4. The van der Waals surface area contributed by atoms with Gasteiger partial charge in [0.2, 0.25) is 0 Å². The maximum atomic E-state index is 12.9. The number of nitrogens with zero attached hydrogens (tertiary/aromatic N) is 1. The zero-order chi connectivity index (χ0) is 30.3. The van der Waals surface area contributed by atoms with Crippen LogP contribution in [0.5, 0.6) is 5.75 Å². The third kappa shape index (κ3) is 8.04. The summed E-state index contributed by atoms with van der Waals surface area (Å²) in [6, 6.07) is 18.3. The van der Waals surface area contributed by atoms with Crippen molar-refractivity contribution in [3.05, 3.63) is 89.5 Å². The van der Waals surface area contributed by atoms with Crippen molar-refractivity contribution in [3.63, 3.8) is 0 Å². The van der Waals surface area contributed by atoms with Gasteiger partial charge in [-0.15, -0.1) is 0 Å². The van der Waals surface area contributed by atoms with Gasteiger partial charge in [-0.25, -0.2) is 8.42 Å². The molecule has 11 heteroatoms. The quantitative estimate of drug-likeness (QED) is 0.260. The second kappa shape index (κ2) is 13.6. The van der Waals surface area contributed by atoms with Crippen molar-refractivity contribution in [2.24, 2.45) is 0 Å². The Kier molecular flexibility index (Phi) is 10.2. The molecule has 0 saturated carbocycles. The number of alkyl halides is 3. The number of sulfone groups is 1. The molecule has 226 valence electrons. The van der Waals surface area contributed by atoms with Gasteiger partial charge >= 0.3 is 6.18 Å². The number of rotatable bonds is 12. The number of hydrogen-bond acceptors (Lipinski definition) is 6. The van der Waals surface area contributed by atoms with Gasteiger partial charge in [-0.05, 0) is 72.6 Å². The molecule has 1 aliphatic rings. The molecule has 4 rings (SSSR count). The molecule has 0 aliphatic carbocycles. The zero-order valence-electron chi connectivity index (χ0n) is 23.6. The van der Waals surface area contributed by atoms with Crippen LogP contribution in [0.15, 0.2) is 77.7 Å². The Morgan fingerprint density at radius 1 is 0.976 bits per heavy atom. The van der Waals surface area contributed by atoms with Gasteiger partial charge in [0.1, 0.15) is 11.9 Å². The summed E-state index contributed by atoms with van der Waals surface area (Å²) in [5, 5.41) is 2.85. The van der Waals surface area contributed by atoms with Gasteiger partial charge < -0.3 is 19.7 Å². The van der Waals surface area contributed by atoms with Crippen LogP contribution < -0.4 is 15.0 Å². The van der Waals surface area contributed by atoms with Crippen molar-refractivity contribution in [3.8, 4) is 5.75 Å². The van der Waals surface area contributed by atoms with Crippen LogP contribution in [0.2, 0.25) is 0 Å². The Balaban J connectivity index is 1.38. The number of anilines is 1. The van der Waals surface area contributed by atoms with E-state index in [0.29, 0.717) is 37.5 Å². The summed E-state index contributed by atoms with van der Waals surface area (Å²) in [4.78, 5) is 15.2. The summed E-state index contributed by atoms with van der Waals surface area (Å²) in [7, 11) is -3.28. The van der Waals surface area contributed by atoms with E-state index in [2.05, 4.69) is 10.2 Å². The van der Waals surface area contributed by atoms with E-state index in [1.165, 1.54) is 12.1 Å². The maximum absolute atomic E-state index is 12.9. The first-order chi connectivity index (χ1) is 20.0. The van der Waals surface area contributed by atoms with Gasteiger partial charge in [-0.1, -0.05) is 26.0 Å². The smallest absolute Gasteiger partial charge is 0.416 e. The van der Waals surface area contributed by atoms with Gasteiger partial charge in [0.05, 0.1) is 35.4 Å². The van der Waals surface area contributed by atoms with E-state index in [0.717, 1.165) is 29.8 Å². The summed E-state index contributed by atoms with van der Waals surface area (Å²) < 4.78 is 74.6. The van der Waals surface area contributed by atoms with Crippen LogP contribution in [0.25, 0.3) is 0 Å². The van der Waals surface area contributed by atoms with Crippen LogP contribution in [0.3, 0.4) is 0 Å². The topological polar surface area (TPSA) is 84.9 Å². The number of nitrogens with one attached hydrogen (secondary N) is 1. The SMILES string of the molecule is CCCOC[C@@H]1C[C@@H](Oc2ccc(C(F)(F)F)cc2)CN1c1ccc(C(=O)NCc2ccc(S(=O)(=O)CC)cc2)cc1. The van der Waals surface area contributed by atoms with E-state index < -0.39 is 21.6 Å². The highest BCUT2D eigenvalue weighted by Crippen LogP contribution is 2.32. The molecule has 7 nitrogen and oxygen atoms in total. The Hall–Kier alpha value is -3.57. The number of halogens is 3. The molecule has 1 fully saturated rings.